The molecule has 0 spiro atoms. The van der Waals surface area contributed by atoms with Crippen molar-refractivity contribution in [3.8, 4) is 11.5 Å². The lowest BCUT2D eigenvalue weighted by atomic mass is 10.1. The molecule has 0 atom stereocenters. The van der Waals surface area contributed by atoms with E-state index in [0.29, 0.717) is 29.7 Å². The summed E-state index contributed by atoms with van der Waals surface area (Å²) >= 11 is 1.23. The van der Waals surface area contributed by atoms with E-state index in [9.17, 15) is 4.79 Å². The zero-order chi connectivity index (χ0) is 19.1. The van der Waals surface area contributed by atoms with Crippen molar-refractivity contribution in [3.05, 3.63) is 65.5 Å². The fourth-order valence-electron chi connectivity index (χ4n) is 2.40. The predicted molar refractivity (Wildman–Crippen MR) is 103 cm³/mol. The second-order valence-corrected chi connectivity index (χ2v) is 6.58. The number of hydrogen-bond acceptors (Lipinski definition) is 7. The van der Waals surface area contributed by atoms with Crippen molar-refractivity contribution in [1.82, 2.24) is 10.2 Å². The van der Waals surface area contributed by atoms with E-state index in [4.69, 9.17) is 13.9 Å². The molecule has 0 fully saturated rings. The number of carbonyl (C=O) groups is 1. The van der Waals surface area contributed by atoms with E-state index in [1.54, 1.807) is 31.4 Å². The molecule has 0 saturated heterocycles. The lowest BCUT2D eigenvalue weighted by Gasteiger charge is -2.03. The maximum atomic E-state index is 12.3. The average molecular weight is 384 g/mol. The molecule has 0 unspecified atom stereocenters. The van der Waals surface area contributed by atoms with Crippen molar-refractivity contribution in [2.75, 3.05) is 19.5 Å². The highest BCUT2D eigenvalue weighted by atomic mass is 32.2. The van der Waals surface area contributed by atoms with Crippen LogP contribution in [0.2, 0.25) is 0 Å². The largest absolute Gasteiger partial charge is 0.497 e. The Labute approximate surface area is 161 Å². The number of benzene rings is 2. The Kier molecular flexibility index (Phi) is 6.49. The van der Waals surface area contributed by atoms with Crippen molar-refractivity contribution in [1.29, 1.82) is 0 Å². The summed E-state index contributed by atoms with van der Waals surface area (Å²) in [6, 6.07) is 14.8. The molecule has 0 aliphatic carbocycles. The van der Waals surface area contributed by atoms with Gasteiger partial charge in [0.05, 0.1) is 25.9 Å². The first kappa shape index (κ1) is 19.0. The summed E-state index contributed by atoms with van der Waals surface area (Å²) in [4.78, 5) is 12.3. The first-order chi connectivity index (χ1) is 13.2. The summed E-state index contributed by atoms with van der Waals surface area (Å²) in [6.45, 7) is 2.52. The van der Waals surface area contributed by atoms with Gasteiger partial charge in [-0.05, 0) is 48.9 Å². The quantitative estimate of drug-likeness (QED) is 0.407. The first-order valence-electron chi connectivity index (χ1n) is 8.52. The lowest BCUT2D eigenvalue weighted by molar-refractivity contribution is 0.102. The molecule has 0 saturated carbocycles. The van der Waals surface area contributed by atoms with Gasteiger partial charge in [0.15, 0.2) is 5.78 Å². The molecule has 3 aromatic rings. The van der Waals surface area contributed by atoms with Crippen LogP contribution in [0.1, 0.15) is 28.7 Å². The van der Waals surface area contributed by atoms with E-state index in [1.807, 2.05) is 31.2 Å². The number of ether oxygens (including phenoxy) is 2. The van der Waals surface area contributed by atoms with E-state index in [2.05, 4.69) is 10.2 Å². The van der Waals surface area contributed by atoms with Crippen LogP contribution in [-0.2, 0) is 6.42 Å². The minimum absolute atomic E-state index is 0.00190. The molecular weight excluding hydrogens is 364 g/mol. The highest BCUT2D eigenvalue weighted by Crippen LogP contribution is 2.21. The number of Topliss-reactive ketones (excluding diaryl/α,β-unsaturated/α-hetero) is 1. The molecule has 3 rings (SSSR count). The third-order valence-electron chi connectivity index (χ3n) is 3.78. The molecule has 7 heteroatoms. The minimum Gasteiger partial charge on any atom is -0.497 e. The van der Waals surface area contributed by atoms with Crippen LogP contribution in [0, 0.1) is 0 Å². The Bertz CT molecular complexity index is 876. The van der Waals surface area contributed by atoms with Gasteiger partial charge < -0.3 is 13.9 Å². The number of rotatable bonds is 9. The van der Waals surface area contributed by atoms with Crippen molar-refractivity contribution in [2.45, 2.75) is 18.6 Å². The molecule has 2 aromatic carbocycles. The van der Waals surface area contributed by atoms with Gasteiger partial charge in [-0.2, -0.15) is 0 Å². The normalized spacial score (nSPS) is 10.6. The van der Waals surface area contributed by atoms with Gasteiger partial charge in [0.2, 0.25) is 5.89 Å². The van der Waals surface area contributed by atoms with Crippen LogP contribution < -0.4 is 9.47 Å². The summed E-state index contributed by atoms with van der Waals surface area (Å²) in [5, 5.41) is 8.43. The Hall–Kier alpha value is -2.80. The van der Waals surface area contributed by atoms with Gasteiger partial charge in [0.25, 0.3) is 5.22 Å². The third-order valence-corrected chi connectivity index (χ3v) is 4.60. The SMILES string of the molecule is CCOc1ccc(C(=O)CSc2nnc(Cc3ccc(OC)cc3)o2)cc1. The molecule has 0 bridgehead atoms. The fourth-order valence-corrected chi connectivity index (χ4v) is 3.08. The van der Waals surface area contributed by atoms with Gasteiger partial charge in [-0.15, -0.1) is 10.2 Å². The van der Waals surface area contributed by atoms with Crippen LogP contribution in [-0.4, -0.2) is 35.5 Å². The zero-order valence-corrected chi connectivity index (χ0v) is 16.0. The molecule has 0 N–H and O–H groups in total. The van der Waals surface area contributed by atoms with E-state index >= 15 is 0 Å². The summed E-state index contributed by atoms with van der Waals surface area (Å²) < 4.78 is 16.1. The maximum Gasteiger partial charge on any atom is 0.277 e. The van der Waals surface area contributed by atoms with Gasteiger partial charge in [-0.3, -0.25) is 4.79 Å². The van der Waals surface area contributed by atoms with E-state index in [1.165, 1.54) is 11.8 Å². The number of ketones is 1. The number of thioether (sulfide) groups is 1. The molecular formula is C20H20N2O4S. The van der Waals surface area contributed by atoms with Crippen LogP contribution in [0.3, 0.4) is 0 Å². The molecule has 0 aliphatic rings. The number of nitrogens with zero attached hydrogens (tertiary/aromatic N) is 2. The molecule has 1 aromatic heterocycles. The molecule has 27 heavy (non-hydrogen) atoms. The monoisotopic (exact) mass is 384 g/mol. The van der Waals surface area contributed by atoms with E-state index in [-0.39, 0.29) is 11.5 Å². The van der Waals surface area contributed by atoms with Crippen LogP contribution in [0.25, 0.3) is 0 Å². The van der Waals surface area contributed by atoms with Gasteiger partial charge in [-0.25, -0.2) is 0 Å². The number of methoxy groups -OCH3 is 1. The molecule has 6 nitrogen and oxygen atoms in total. The van der Waals surface area contributed by atoms with Crippen molar-refractivity contribution >= 4 is 17.5 Å². The van der Waals surface area contributed by atoms with Crippen LogP contribution in [0.15, 0.2) is 58.2 Å². The third kappa shape index (κ3) is 5.34. The molecule has 140 valence electrons. The Balaban J connectivity index is 1.53. The van der Waals surface area contributed by atoms with Crippen molar-refractivity contribution in [3.63, 3.8) is 0 Å². The summed E-state index contributed by atoms with van der Waals surface area (Å²) in [5.41, 5.74) is 1.67. The van der Waals surface area contributed by atoms with Crippen LogP contribution >= 0.6 is 11.8 Å². The van der Waals surface area contributed by atoms with E-state index in [0.717, 1.165) is 17.1 Å². The second kappa shape index (κ2) is 9.23. The van der Waals surface area contributed by atoms with Gasteiger partial charge in [0.1, 0.15) is 11.5 Å². The highest BCUT2D eigenvalue weighted by Gasteiger charge is 2.12. The number of carbonyl (C=O) groups excluding carboxylic acids is 1. The number of aromatic nitrogens is 2. The lowest BCUT2D eigenvalue weighted by Crippen LogP contribution is -2.02. The maximum absolute atomic E-state index is 12.3. The molecule has 0 amide bonds. The molecule has 0 radical (unpaired) electrons. The Morgan fingerprint density at radius 3 is 2.41 bits per heavy atom. The van der Waals surface area contributed by atoms with Crippen LogP contribution in [0.5, 0.6) is 11.5 Å². The standard InChI is InChI=1S/C20H20N2O4S/c1-3-25-17-10-6-15(7-11-17)18(23)13-27-20-22-21-19(26-20)12-14-4-8-16(24-2)9-5-14/h4-11H,3,12-13H2,1-2H3. The molecule has 1 heterocycles. The summed E-state index contributed by atoms with van der Waals surface area (Å²) in [5.74, 6) is 2.29. The Morgan fingerprint density at radius 1 is 1.04 bits per heavy atom. The number of hydrogen-bond donors (Lipinski definition) is 0. The summed E-state index contributed by atoms with van der Waals surface area (Å²) in [6.07, 6.45) is 0.532. The van der Waals surface area contributed by atoms with Crippen molar-refractivity contribution < 1.29 is 18.7 Å². The van der Waals surface area contributed by atoms with Gasteiger partial charge >= 0.3 is 0 Å². The van der Waals surface area contributed by atoms with Gasteiger partial charge in [0, 0.05) is 5.56 Å². The zero-order valence-electron chi connectivity index (χ0n) is 15.2. The highest BCUT2D eigenvalue weighted by molar-refractivity contribution is 7.99. The topological polar surface area (TPSA) is 74.5 Å². The fraction of sp³-hybridized carbons (Fsp3) is 0.250. The Morgan fingerprint density at radius 2 is 1.74 bits per heavy atom. The van der Waals surface area contributed by atoms with E-state index < -0.39 is 0 Å². The minimum atomic E-state index is -0.00190. The smallest absolute Gasteiger partial charge is 0.277 e. The summed E-state index contributed by atoms with van der Waals surface area (Å²) in [7, 11) is 1.63. The first-order valence-corrected chi connectivity index (χ1v) is 9.50. The second-order valence-electron chi connectivity index (χ2n) is 5.66. The van der Waals surface area contributed by atoms with Crippen LogP contribution in [0.4, 0.5) is 0 Å². The predicted octanol–water partition coefficient (Wildman–Crippen LogP) is 4.04. The van der Waals surface area contributed by atoms with Gasteiger partial charge in [-0.1, -0.05) is 23.9 Å². The van der Waals surface area contributed by atoms with Crippen molar-refractivity contribution in [2.24, 2.45) is 0 Å². The molecule has 0 aliphatic heterocycles. The average Bonchev–Trinajstić information content (AvgIpc) is 3.15.